The minimum absolute atomic E-state index is 0.0376. The highest BCUT2D eigenvalue weighted by atomic mass is 16.5. The van der Waals surface area contributed by atoms with Crippen LogP contribution in [0.5, 0.6) is 0 Å². The van der Waals surface area contributed by atoms with Crippen LogP contribution in [0.4, 0.5) is 10.5 Å². The Balaban J connectivity index is 1.37. The summed E-state index contributed by atoms with van der Waals surface area (Å²) in [5.74, 6) is 0.639. The van der Waals surface area contributed by atoms with Crippen LogP contribution in [0, 0.1) is 11.8 Å². The standard InChI is InChI=1S/C22H30N4O4/c27-16-23-13-17-2-1-3-18(12-17)14-24-22(29)25-15-21(28)19-4-6-20(7-5-19)26-8-10-30-11-9-26/h4-7,17-18H,1-3,8-15H2,(H2,24,25,29). The molecule has 2 atom stereocenters. The average molecular weight is 415 g/mol. The van der Waals surface area contributed by atoms with Crippen molar-refractivity contribution in [2.24, 2.45) is 16.8 Å². The Kier molecular flexibility index (Phi) is 8.41. The average Bonchev–Trinajstić information content (AvgIpc) is 2.81. The van der Waals surface area contributed by atoms with Gasteiger partial charge >= 0.3 is 6.03 Å². The fourth-order valence-corrected chi connectivity index (χ4v) is 4.16. The quantitative estimate of drug-likeness (QED) is 0.386. The molecular weight excluding hydrogens is 384 g/mol. The van der Waals surface area contributed by atoms with Crippen LogP contribution in [0.2, 0.25) is 0 Å². The SMILES string of the molecule is O=C=NCC1CCCC(CNC(=O)NCC(=O)c2ccc(N3CCOCC3)cc2)C1. The first-order valence-corrected chi connectivity index (χ1v) is 10.7. The molecule has 2 aliphatic rings. The number of Topliss-reactive ketones (excluding diaryl/α,β-unsaturated/α-hetero) is 1. The van der Waals surface area contributed by atoms with Crippen molar-refractivity contribution in [3.05, 3.63) is 29.8 Å². The third kappa shape index (κ3) is 6.68. The number of urea groups is 1. The minimum atomic E-state index is -0.332. The summed E-state index contributed by atoms with van der Waals surface area (Å²) in [4.78, 5) is 40.6. The molecule has 0 spiro atoms. The van der Waals surface area contributed by atoms with Crippen LogP contribution in [0.15, 0.2) is 29.3 Å². The zero-order chi connectivity index (χ0) is 21.2. The molecule has 0 bridgehead atoms. The summed E-state index contributed by atoms with van der Waals surface area (Å²) < 4.78 is 5.36. The maximum atomic E-state index is 12.4. The fourth-order valence-electron chi connectivity index (χ4n) is 4.16. The maximum absolute atomic E-state index is 12.4. The Bertz CT molecular complexity index is 755. The molecule has 1 aliphatic heterocycles. The van der Waals surface area contributed by atoms with Crippen LogP contribution >= 0.6 is 0 Å². The number of hydrogen-bond acceptors (Lipinski definition) is 6. The van der Waals surface area contributed by atoms with Crippen LogP contribution in [0.3, 0.4) is 0 Å². The molecule has 1 aliphatic carbocycles. The molecule has 2 amide bonds. The molecule has 1 saturated heterocycles. The number of anilines is 1. The molecule has 1 heterocycles. The second-order valence-corrected chi connectivity index (χ2v) is 7.96. The Hall–Kier alpha value is -2.70. The summed E-state index contributed by atoms with van der Waals surface area (Å²) in [6.07, 6.45) is 5.73. The molecule has 0 aromatic heterocycles. The van der Waals surface area contributed by atoms with E-state index < -0.39 is 0 Å². The first-order chi connectivity index (χ1) is 14.7. The molecule has 3 rings (SSSR count). The van der Waals surface area contributed by atoms with E-state index >= 15 is 0 Å². The smallest absolute Gasteiger partial charge is 0.315 e. The number of aliphatic imine (C=N–C) groups is 1. The van der Waals surface area contributed by atoms with E-state index in [0.717, 1.165) is 44.5 Å². The van der Waals surface area contributed by atoms with Crippen LogP contribution < -0.4 is 15.5 Å². The van der Waals surface area contributed by atoms with Crippen LogP contribution in [0.1, 0.15) is 36.0 Å². The van der Waals surface area contributed by atoms with Gasteiger partial charge in [-0.2, -0.15) is 0 Å². The van der Waals surface area contributed by atoms with Crippen molar-refractivity contribution in [3.8, 4) is 0 Å². The number of rotatable bonds is 8. The molecule has 2 N–H and O–H groups in total. The van der Waals surface area contributed by atoms with Crippen LogP contribution in [0.25, 0.3) is 0 Å². The van der Waals surface area contributed by atoms with Crippen molar-refractivity contribution >= 4 is 23.6 Å². The summed E-state index contributed by atoms with van der Waals surface area (Å²) >= 11 is 0. The zero-order valence-electron chi connectivity index (χ0n) is 17.3. The molecule has 2 unspecified atom stereocenters. The molecule has 162 valence electrons. The Morgan fingerprint density at radius 3 is 2.57 bits per heavy atom. The van der Waals surface area contributed by atoms with Crippen molar-refractivity contribution in [2.75, 3.05) is 50.8 Å². The molecule has 1 saturated carbocycles. The number of hydrogen-bond donors (Lipinski definition) is 2. The van der Waals surface area contributed by atoms with Crippen molar-refractivity contribution < 1.29 is 19.1 Å². The number of isocyanates is 1. The van der Waals surface area contributed by atoms with Crippen molar-refractivity contribution in [1.82, 2.24) is 10.6 Å². The second-order valence-electron chi connectivity index (χ2n) is 7.96. The first kappa shape index (κ1) is 22.0. The van der Waals surface area contributed by atoms with E-state index in [2.05, 4.69) is 20.5 Å². The van der Waals surface area contributed by atoms with Gasteiger partial charge in [-0.3, -0.25) is 4.79 Å². The summed E-state index contributed by atoms with van der Waals surface area (Å²) in [6.45, 7) is 4.18. The predicted molar refractivity (Wildman–Crippen MR) is 114 cm³/mol. The van der Waals surface area contributed by atoms with Gasteiger partial charge in [0.25, 0.3) is 0 Å². The highest BCUT2D eigenvalue weighted by Gasteiger charge is 2.22. The van der Waals surface area contributed by atoms with Crippen LogP contribution in [-0.2, 0) is 9.53 Å². The van der Waals surface area contributed by atoms with Gasteiger partial charge in [0.1, 0.15) is 0 Å². The van der Waals surface area contributed by atoms with Crippen LogP contribution in [-0.4, -0.2) is 63.8 Å². The van der Waals surface area contributed by atoms with E-state index in [1.54, 1.807) is 18.2 Å². The van der Waals surface area contributed by atoms with Gasteiger partial charge in [-0.15, -0.1) is 0 Å². The van der Waals surface area contributed by atoms with E-state index in [9.17, 15) is 14.4 Å². The van der Waals surface area contributed by atoms with Gasteiger partial charge in [0.2, 0.25) is 6.08 Å². The zero-order valence-corrected chi connectivity index (χ0v) is 17.3. The number of carbonyl (C=O) groups excluding carboxylic acids is 3. The van der Waals surface area contributed by atoms with E-state index in [0.29, 0.717) is 43.7 Å². The highest BCUT2D eigenvalue weighted by molar-refractivity contribution is 5.99. The lowest BCUT2D eigenvalue weighted by Crippen LogP contribution is -2.41. The number of amides is 2. The van der Waals surface area contributed by atoms with Gasteiger partial charge in [-0.25, -0.2) is 14.6 Å². The minimum Gasteiger partial charge on any atom is -0.378 e. The van der Waals surface area contributed by atoms with Gasteiger partial charge < -0.3 is 20.3 Å². The Labute approximate surface area is 177 Å². The van der Waals surface area contributed by atoms with Crippen molar-refractivity contribution in [1.29, 1.82) is 0 Å². The summed E-state index contributed by atoms with van der Waals surface area (Å²) in [5, 5.41) is 5.51. The van der Waals surface area contributed by atoms with Gasteiger partial charge in [0, 0.05) is 30.9 Å². The number of ether oxygens (including phenoxy) is 1. The van der Waals surface area contributed by atoms with Crippen molar-refractivity contribution in [3.63, 3.8) is 0 Å². The topological polar surface area (TPSA) is 100 Å². The monoisotopic (exact) mass is 414 g/mol. The number of nitrogens with one attached hydrogen (secondary N) is 2. The van der Waals surface area contributed by atoms with Gasteiger partial charge in [-0.1, -0.05) is 6.42 Å². The predicted octanol–water partition coefficient (Wildman–Crippen LogP) is 2.15. The number of nitrogens with zero attached hydrogens (tertiary/aromatic N) is 2. The molecule has 8 heteroatoms. The lowest BCUT2D eigenvalue weighted by Gasteiger charge is -2.28. The largest absolute Gasteiger partial charge is 0.378 e. The normalized spacial score (nSPS) is 21.4. The molecule has 2 fully saturated rings. The molecule has 8 nitrogen and oxygen atoms in total. The number of morpholine rings is 1. The lowest BCUT2D eigenvalue weighted by molar-refractivity contribution is 0.0992. The molecule has 30 heavy (non-hydrogen) atoms. The van der Waals surface area contributed by atoms with Gasteiger partial charge in [0.05, 0.1) is 26.3 Å². The summed E-state index contributed by atoms with van der Waals surface area (Å²) in [7, 11) is 0. The fraction of sp³-hybridized carbons (Fsp3) is 0.591. The second kappa shape index (κ2) is 11.5. The lowest BCUT2D eigenvalue weighted by atomic mass is 9.81. The third-order valence-electron chi connectivity index (χ3n) is 5.83. The summed E-state index contributed by atoms with van der Waals surface area (Å²) in [6, 6.07) is 7.15. The van der Waals surface area contributed by atoms with Gasteiger partial charge in [-0.05, 0) is 55.4 Å². The maximum Gasteiger partial charge on any atom is 0.315 e. The third-order valence-corrected chi connectivity index (χ3v) is 5.83. The number of ketones is 1. The molecule has 1 aromatic carbocycles. The Morgan fingerprint density at radius 1 is 1.10 bits per heavy atom. The van der Waals surface area contributed by atoms with Crippen molar-refractivity contribution in [2.45, 2.75) is 25.7 Å². The number of carbonyl (C=O) groups is 2. The van der Waals surface area contributed by atoms with E-state index in [-0.39, 0.29) is 18.4 Å². The number of benzene rings is 1. The van der Waals surface area contributed by atoms with E-state index in [1.165, 1.54) is 0 Å². The summed E-state index contributed by atoms with van der Waals surface area (Å²) in [5.41, 5.74) is 1.66. The van der Waals surface area contributed by atoms with Gasteiger partial charge in [0.15, 0.2) is 5.78 Å². The highest BCUT2D eigenvalue weighted by Crippen LogP contribution is 2.28. The molecular formula is C22H30N4O4. The Morgan fingerprint density at radius 2 is 1.83 bits per heavy atom. The first-order valence-electron chi connectivity index (χ1n) is 10.7. The molecule has 1 aromatic rings. The van der Waals surface area contributed by atoms with E-state index in [4.69, 9.17) is 4.74 Å². The van der Waals surface area contributed by atoms with E-state index in [1.807, 2.05) is 12.1 Å². The molecule has 0 radical (unpaired) electrons.